The van der Waals surface area contributed by atoms with Gasteiger partial charge in [-0.3, -0.25) is 9.59 Å². The van der Waals surface area contributed by atoms with Crippen LogP contribution in [0.3, 0.4) is 0 Å². The molecule has 1 rings (SSSR count). The van der Waals surface area contributed by atoms with Crippen LogP contribution in [-0.2, 0) is 9.59 Å². The number of rotatable bonds is 15. The van der Waals surface area contributed by atoms with Gasteiger partial charge in [-0.05, 0) is 45.7 Å². The second kappa shape index (κ2) is 14.9. The van der Waals surface area contributed by atoms with Gasteiger partial charge in [-0.25, -0.2) is 0 Å². The fourth-order valence-electron chi connectivity index (χ4n) is 3.16. The summed E-state index contributed by atoms with van der Waals surface area (Å²) in [5.41, 5.74) is -0.392. The Hall–Kier alpha value is -2.04. The van der Waals surface area contributed by atoms with Crippen LogP contribution in [0.5, 0.6) is 17.2 Å². The Morgan fingerprint density at radius 2 is 1.19 bits per heavy atom. The topological polar surface area (TPSA) is 61.8 Å². The lowest BCUT2D eigenvalue weighted by atomic mass is 10.1. The second-order valence-electron chi connectivity index (χ2n) is 9.10. The molecule has 0 aliphatic heterocycles. The number of unbranched alkanes of at least 4 members (excludes halogenated alkanes) is 8. The number of carbonyl (C=O) groups excluding carboxylic acids is 2. The minimum atomic E-state index is -0.392. The first-order valence-electron chi connectivity index (χ1n) is 12.0. The van der Waals surface area contributed by atoms with E-state index in [4.69, 9.17) is 14.2 Å². The lowest BCUT2D eigenvalue weighted by molar-refractivity contribution is -0.137. The number of carbonyl (C=O) groups is 2. The lowest BCUT2D eigenvalue weighted by Crippen LogP contribution is -2.23. The molecule has 0 radical (unpaired) electrons. The quantitative estimate of drug-likeness (QED) is 0.163. The molecule has 0 bridgehead atoms. The Kier molecular flexibility index (Phi) is 13.0. The van der Waals surface area contributed by atoms with Crippen molar-refractivity contribution in [3.8, 4) is 17.2 Å². The van der Waals surface area contributed by atoms with E-state index < -0.39 is 5.60 Å². The third-order valence-electron chi connectivity index (χ3n) is 4.76. The Balaban J connectivity index is 2.74. The van der Waals surface area contributed by atoms with Crippen molar-refractivity contribution >= 4 is 11.9 Å². The van der Waals surface area contributed by atoms with Gasteiger partial charge in [-0.2, -0.15) is 0 Å². The maximum Gasteiger partial charge on any atom is 0.311 e. The molecule has 0 N–H and O–H groups in total. The highest BCUT2D eigenvalue weighted by Gasteiger charge is 2.18. The van der Waals surface area contributed by atoms with Crippen molar-refractivity contribution in [1.29, 1.82) is 0 Å². The van der Waals surface area contributed by atoms with Crippen LogP contribution in [0.2, 0.25) is 0 Å². The molecule has 0 amide bonds. The molecule has 0 heterocycles. The first-order chi connectivity index (χ1) is 14.7. The molecule has 0 fully saturated rings. The number of hydrogen-bond donors (Lipinski definition) is 0. The number of benzene rings is 1. The molecule has 0 spiro atoms. The van der Waals surface area contributed by atoms with Gasteiger partial charge in [-0.15, -0.1) is 0 Å². The van der Waals surface area contributed by atoms with E-state index in [1.807, 2.05) is 20.8 Å². The van der Waals surface area contributed by atoms with E-state index in [2.05, 4.69) is 13.8 Å². The van der Waals surface area contributed by atoms with Gasteiger partial charge < -0.3 is 14.2 Å². The number of hydrogen-bond acceptors (Lipinski definition) is 5. The summed E-state index contributed by atoms with van der Waals surface area (Å²) in [6.07, 6.45) is 11.3. The molecule has 5 nitrogen and oxygen atoms in total. The highest BCUT2D eigenvalue weighted by Crippen LogP contribution is 2.34. The van der Waals surface area contributed by atoms with Gasteiger partial charge in [0.2, 0.25) is 0 Å². The molecule has 1 aromatic rings. The second-order valence-corrected chi connectivity index (χ2v) is 9.10. The van der Waals surface area contributed by atoms with Crippen LogP contribution in [0, 0.1) is 0 Å². The molecular weight excluding hydrogens is 392 g/mol. The summed E-state index contributed by atoms with van der Waals surface area (Å²) in [5, 5.41) is 0. The number of esters is 2. The van der Waals surface area contributed by atoms with Crippen LogP contribution < -0.4 is 14.2 Å². The third kappa shape index (κ3) is 13.1. The summed E-state index contributed by atoms with van der Waals surface area (Å²) >= 11 is 0. The average molecular weight is 435 g/mol. The van der Waals surface area contributed by atoms with E-state index in [1.54, 1.807) is 18.2 Å². The molecule has 1 aromatic carbocycles. The smallest absolute Gasteiger partial charge is 0.311 e. The molecule has 0 saturated heterocycles. The highest BCUT2D eigenvalue weighted by molar-refractivity contribution is 5.76. The Bertz CT molecular complexity index is 660. The summed E-state index contributed by atoms with van der Waals surface area (Å²) in [6, 6.07) is 5.00. The van der Waals surface area contributed by atoms with Gasteiger partial charge in [0.05, 0.1) is 0 Å². The summed E-state index contributed by atoms with van der Waals surface area (Å²) in [5.74, 6) is 0.440. The molecule has 31 heavy (non-hydrogen) atoms. The van der Waals surface area contributed by atoms with E-state index in [1.165, 1.54) is 25.7 Å². The summed E-state index contributed by atoms with van der Waals surface area (Å²) in [7, 11) is 0. The van der Waals surface area contributed by atoms with Gasteiger partial charge in [0.15, 0.2) is 11.5 Å². The van der Waals surface area contributed by atoms with Crippen molar-refractivity contribution in [1.82, 2.24) is 0 Å². The minimum absolute atomic E-state index is 0.236. The van der Waals surface area contributed by atoms with Gasteiger partial charge in [0.25, 0.3) is 0 Å². The molecule has 0 aliphatic rings. The van der Waals surface area contributed by atoms with Gasteiger partial charge in [-0.1, -0.05) is 65.2 Å². The zero-order valence-electron chi connectivity index (χ0n) is 20.3. The first kappa shape index (κ1) is 27.0. The van der Waals surface area contributed by atoms with E-state index in [0.29, 0.717) is 18.6 Å². The summed E-state index contributed by atoms with van der Waals surface area (Å²) in [4.78, 5) is 24.6. The normalized spacial score (nSPS) is 11.3. The highest BCUT2D eigenvalue weighted by atomic mass is 16.6. The van der Waals surface area contributed by atoms with Crippen molar-refractivity contribution in [2.75, 3.05) is 0 Å². The Morgan fingerprint density at radius 1 is 0.710 bits per heavy atom. The average Bonchev–Trinajstić information content (AvgIpc) is 2.68. The fourth-order valence-corrected chi connectivity index (χ4v) is 3.16. The maximum absolute atomic E-state index is 12.3. The minimum Gasteiger partial charge on any atom is -0.488 e. The molecular formula is C26H42O5. The summed E-state index contributed by atoms with van der Waals surface area (Å²) in [6.45, 7) is 10.2. The lowest BCUT2D eigenvalue weighted by Gasteiger charge is -2.22. The molecule has 176 valence electrons. The van der Waals surface area contributed by atoms with Crippen LogP contribution in [0.4, 0.5) is 0 Å². The molecule has 0 saturated carbocycles. The van der Waals surface area contributed by atoms with E-state index in [0.717, 1.165) is 38.5 Å². The standard InChI is InChI=1S/C26H42O5/c1-6-8-10-12-14-16-24(27)29-22-19-18-21(31-26(3,4)5)20-23(22)30-25(28)17-15-13-11-9-7-2/h18-20H,6-17H2,1-5H3. The van der Waals surface area contributed by atoms with Gasteiger partial charge in [0, 0.05) is 18.9 Å². The molecule has 0 atom stereocenters. The zero-order chi connectivity index (χ0) is 23.1. The van der Waals surface area contributed by atoms with Crippen molar-refractivity contribution in [2.24, 2.45) is 0 Å². The van der Waals surface area contributed by atoms with Crippen LogP contribution in [0.15, 0.2) is 18.2 Å². The fraction of sp³-hybridized carbons (Fsp3) is 0.692. The summed E-state index contributed by atoms with van der Waals surface area (Å²) < 4.78 is 17.0. The van der Waals surface area contributed by atoms with Crippen molar-refractivity contribution in [3.05, 3.63) is 18.2 Å². The maximum atomic E-state index is 12.3. The van der Waals surface area contributed by atoms with Gasteiger partial charge >= 0.3 is 11.9 Å². The van der Waals surface area contributed by atoms with E-state index in [9.17, 15) is 9.59 Å². The van der Waals surface area contributed by atoms with Crippen molar-refractivity contribution < 1.29 is 23.8 Å². The monoisotopic (exact) mass is 434 g/mol. The SMILES string of the molecule is CCCCCCCC(=O)Oc1ccc(OC(C)(C)C)cc1OC(=O)CCCCCCC. The van der Waals surface area contributed by atoms with Crippen LogP contribution in [0.25, 0.3) is 0 Å². The molecule has 5 heteroatoms. The van der Waals surface area contributed by atoms with Crippen LogP contribution in [0.1, 0.15) is 112 Å². The van der Waals surface area contributed by atoms with Crippen molar-refractivity contribution in [2.45, 2.75) is 117 Å². The predicted molar refractivity (Wildman–Crippen MR) is 125 cm³/mol. The van der Waals surface area contributed by atoms with Crippen molar-refractivity contribution in [3.63, 3.8) is 0 Å². The third-order valence-corrected chi connectivity index (χ3v) is 4.76. The largest absolute Gasteiger partial charge is 0.488 e. The van der Waals surface area contributed by atoms with E-state index >= 15 is 0 Å². The van der Waals surface area contributed by atoms with E-state index in [-0.39, 0.29) is 23.4 Å². The molecule has 0 aliphatic carbocycles. The first-order valence-corrected chi connectivity index (χ1v) is 12.0. The molecule has 0 unspecified atom stereocenters. The van der Waals surface area contributed by atoms with Crippen LogP contribution >= 0.6 is 0 Å². The van der Waals surface area contributed by atoms with Crippen LogP contribution in [-0.4, -0.2) is 17.5 Å². The predicted octanol–water partition coefficient (Wildman–Crippen LogP) is 7.40. The Morgan fingerprint density at radius 3 is 1.68 bits per heavy atom. The number of ether oxygens (including phenoxy) is 3. The Labute approximate surface area is 188 Å². The zero-order valence-corrected chi connectivity index (χ0v) is 20.3. The molecule has 0 aromatic heterocycles. The van der Waals surface area contributed by atoms with Gasteiger partial charge in [0.1, 0.15) is 11.4 Å².